The summed E-state index contributed by atoms with van der Waals surface area (Å²) in [5.74, 6) is -0.549. The van der Waals surface area contributed by atoms with Crippen molar-refractivity contribution in [3.8, 4) is 0 Å². The molecule has 6 heteroatoms. The van der Waals surface area contributed by atoms with Crippen molar-refractivity contribution in [3.05, 3.63) is 107 Å². The van der Waals surface area contributed by atoms with Gasteiger partial charge in [-0.2, -0.15) is 0 Å². The van der Waals surface area contributed by atoms with Gasteiger partial charge in [0.15, 0.2) is 0 Å². The van der Waals surface area contributed by atoms with E-state index in [-0.39, 0.29) is 23.6 Å². The highest BCUT2D eigenvalue weighted by Gasteiger charge is 2.34. The maximum Gasteiger partial charge on any atom is 0.253 e. The zero-order valence-electron chi connectivity index (χ0n) is 19.9. The molecule has 0 aromatic heterocycles. The second-order valence-corrected chi connectivity index (χ2v) is 9.02. The Morgan fingerprint density at radius 3 is 2.06 bits per heavy atom. The van der Waals surface area contributed by atoms with Crippen molar-refractivity contribution < 1.29 is 14.4 Å². The maximum atomic E-state index is 13.2. The summed E-state index contributed by atoms with van der Waals surface area (Å²) in [6, 6.07) is 25.5. The zero-order chi connectivity index (χ0) is 24.6. The van der Waals surface area contributed by atoms with Crippen LogP contribution in [0, 0.1) is 12.8 Å². The van der Waals surface area contributed by atoms with Gasteiger partial charge in [0.2, 0.25) is 5.91 Å². The number of hydrogen-bond acceptors (Lipinski definition) is 3. The number of aryl methyl sites for hydroxylation is 1. The molecular weight excluding hydrogens is 438 g/mol. The van der Waals surface area contributed by atoms with Crippen molar-refractivity contribution in [2.45, 2.75) is 32.4 Å². The molecule has 1 aliphatic rings. The number of amides is 3. The minimum Gasteiger partial charge on any atom is -0.350 e. The van der Waals surface area contributed by atoms with E-state index < -0.39 is 6.04 Å². The average molecular weight is 470 g/mol. The van der Waals surface area contributed by atoms with Crippen molar-refractivity contribution >= 4 is 17.7 Å². The van der Waals surface area contributed by atoms with Crippen LogP contribution >= 0.6 is 0 Å². The number of likely N-dealkylation sites (tertiary alicyclic amines) is 1. The van der Waals surface area contributed by atoms with E-state index in [2.05, 4.69) is 10.6 Å². The molecule has 1 saturated heterocycles. The Morgan fingerprint density at radius 2 is 1.43 bits per heavy atom. The SMILES string of the molecule is Cc1ccc(C(=O)N2CCC(C(NC(=O)c3ccccc3)C(=O)NCc3ccccc3)CC2)cc1. The number of rotatable bonds is 7. The second kappa shape index (κ2) is 11.5. The topological polar surface area (TPSA) is 78.5 Å². The first-order valence-electron chi connectivity index (χ1n) is 12.0. The van der Waals surface area contributed by atoms with Crippen LogP contribution in [0.4, 0.5) is 0 Å². The quantitative estimate of drug-likeness (QED) is 0.550. The van der Waals surface area contributed by atoms with Gasteiger partial charge in [0.25, 0.3) is 11.8 Å². The van der Waals surface area contributed by atoms with E-state index in [1.165, 1.54) is 0 Å². The van der Waals surface area contributed by atoms with E-state index in [1.54, 1.807) is 24.3 Å². The molecule has 4 rings (SSSR count). The summed E-state index contributed by atoms with van der Waals surface area (Å²) in [5, 5.41) is 5.95. The first-order chi connectivity index (χ1) is 17.0. The monoisotopic (exact) mass is 469 g/mol. The van der Waals surface area contributed by atoms with Crippen LogP contribution in [0.1, 0.15) is 44.7 Å². The maximum absolute atomic E-state index is 13.2. The van der Waals surface area contributed by atoms with Crippen molar-refractivity contribution in [2.75, 3.05) is 13.1 Å². The molecule has 1 fully saturated rings. The van der Waals surface area contributed by atoms with E-state index in [0.717, 1.165) is 11.1 Å². The molecule has 180 valence electrons. The molecule has 0 saturated carbocycles. The highest BCUT2D eigenvalue weighted by atomic mass is 16.2. The molecular formula is C29H31N3O3. The smallest absolute Gasteiger partial charge is 0.253 e. The Hall–Kier alpha value is -3.93. The number of nitrogens with zero attached hydrogens (tertiary/aromatic N) is 1. The van der Waals surface area contributed by atoms with Crippen molar-refractivity contribution in [3.63, 3.8) is 0 Å². The number of benzene rings is 3. The molecule has 1 aliphatic heterocycles. The minimum absolute atomic E-state index is 0.00171. The number of carbonyl (C=O) groups is 3. The lowest BCUT2D eigenvalue weighted by molar-refractivity contribution is -0.124. The summed E-state index contributed by atoms with van der Waals surface area (Å²) < 4.78 is 0. The van der Waals surface area contributed by atoms with E-state index >= 15 is 0 Å². The second-order valence-electron chi connectivity index (χ2n) is 9.02. The Labute approximate surface area is 206 Å². The summed E-state index contributed by atoms with van der Waals surface area (Å²) in [7, 11) is 0. The Balaban J connectivity index is 1.43. The fourth-order valence-electron chi connectivity index (χ4n) is 4.42. The van der Waals surface area contributed by atoms with E-state index in [0.29, 0.717) is 43.6 Å². The molecule has 0 bridgehead atoms. The predicted molar refractivity (Wildman–Crippen MR) is 136 cm³/mol. The molecule has 1 atom stereocenters. The minimum atomic E-state index is -0.678. The summed E-state index contributed by atoms with van der Waals surface area (Å²) in [5.41, 5.74) is 3.29. The average Bonchev–Trinajstić information content (AvgIpc) is 2.91. The third kappa shape index (κ3) is 6.35. The zero-order valence-corrected chi connectivity index (χ0v) is 19.9. The number of piperidine rings is 1. The van der Waals surface area contributed by atoms with Crippen LogP contribution in [0.5, 0.6) is 0 Å². The lowest BCUT2D eigenvalue weighted by atomic mass is 9.88. The number of hydrogen-bond donors (Lipinski definition) is 2. The van der Waals surface area contributed by atoms with Gasteiger partial charge < -0.3 is 15.5 Å². The number of nitrogens with one attached hydrogen (secondary N) is 2. The molecule has 0 aliphatic carbocycles. The molecule has 0 radical (unpaired) electrons. The third-order valence-electron chi connectivity index (χ3n) is 6.51. The molecule has 2 N–H and O–H groups in total. The first kappa shape index (κ1) is 24.2. The number of carbonyl (C=O) groups excluding carboxylic acids is 3. The summed E-state index contributed by atoms with van der Waals surface area (Å²) in [6.07, 6.45) is 1.27. The molecule has 0 spiro atoms. The highest BCUT2D eigenvalue weighted by molar-refractivity contribution is 5.97. The van der Waals surface area contributed by atoms with Crippen LogP contribution in [0.2, 0.25) is 0 Å². The van der Waals surface area contributed by atoms with Crippen molar-refractivity contribution in [2.24, 2.45) is 5.92 Å². The van der Waals surface area contributed by atoms with Crippen LogP contribution in [0.3, 0.4) is 0 Å². The lowest BCUT2D eigenvalue weighted by Gasteiger charge is -2.36. The van der Waals surface area contributed by atoms with Crippen LogP contribution in [-0.2, 0) is 11.3 Å². The van der Waals surface area contributed by atoms with Crippen LogP contribution < -0.4 is 10.6 Å². The standard InChI is InChI=1S/C29H31N3O3/c1-21-12-14-25(15-13-21)29(35)32-18-16-23(17-19-32)26(31-27(33)24-10-6-3-7-11-24)28(34)30-20-22-8-4-2-5-9-22/h2-15,23,26H,16-20H2,1H3,(H,30,34)(H,31,33). The van der Waals surface area contributed by atoms with Gasteiger partial charge in [0.05, 0.1) is 0 Å². The summed E-state index contributed by atoms with van der Waals surface area (Å²) in [4.78, 5) is 40.9. The van der Waals surface area contributed by atoms with Crippen molar-refractivity contribution in [1.82, 2.24) is 15.5 Å². The van der Waals surface area contributed by atoms with Gasteiger partial charge >= 0.3 is 0 Å². The fourth-order valence-corrected chi connectivity index (χ4v) is 4.42. The van der Waals surface area contributed by atoms with Crippen LogP contribution in [-0.4, -0.2) is 41.8 Å². The third-order valence-corrected chi connectivity index (χ3v) is 6.51. The van der Waals surface area contributed by atoms with Crippen molar-refractivity contribution in [1.29, 1.82) is 0 Å². The van der Waals surface area contributed by atoms with Gasteiger partial charge in [-0.3, -0.25) is 14.4 Å². The van der Waals surface area contributed by atoms with E-state index in [4.69, 9.17) is 0 Å². The van der Waals surface area contributed by atoms with E-state index in [9.17, 15) is 14.4 Å². The first-order valence-corrected chi connectivity index (χ1v) is 12.0. The molecule has 1 unspecified atom stereocenters. The molecule has 3 aromatic carbocycles. The van der Waals surface area contributed by atoms with E-state index in [1.807, 2.05) is 72.5 Å². The Kier molecular flexibility index (Phi) is 7.93. The molecule has 3 aromatic rings. The normalized spacial score (nSPS) is 14.7. The lowest BCUT2D eigenvalue weighted by Crippen LogP contribution is -2.53. The van der Waals surface area contributed by atoms with Crippen LogP contribution in [0.25, 0.3) is 0 Å². The van der Waals surface area contributed by atoms with Gasteiger partial charge in [-0.05, 0) is 55.5 Å². The largest absolute Gasteiger partial charge is 0.350 e. The Morgan fingerprint density at radius 1 is 0.829 bits per heavy atom. The summed E-state index contributed by atoms with van der Waals surface area (Å²) in [6.45, 7) is 3.47. The molecule has 6 nitrogen and oxygen atoms in total. The van der Waals surface area contributed by atoms with Gasteiger partial charge in [0.1, 0.15) is 6.04 Å². The molecule has 1 heterocycles. The van der Waals surface area contributed by atoms with Crippen LogP contribution in [0.15, 0.2) is 84.9 Å². The predicted octanol–water partition coefficient (Wildman–Crippen LogP) is 3.96. The molecule has 35 heavy (non-hydrogen) atoms. The highest BCUT2D eigenvalue weighted by Crippen LogP contribution is 2.23. The Bertz CT molecular complexity index is 1140. The van der Waals surface area contributed by atoms with Gasteiger partial charge in [-0.1, -0.05) is 66.2 Å². The van der Waals surface area contributed by atoms with Gasteiger partial charge in [-0.15, -0.1) is 0 Å². The fraction of sp³-hybridized carbons (Fsp3) is 0.276. The van der Waals surface area contributed by atoms with Gasteiger partial charge in [-0.25, -0.2) is 0 Å². The molecule has 3 amide bonds. The van der Waals surface area contributed by atoms with Gasteiger partial charge in [0, 0.05) is 30.8 Å². The summed E-state index contributed by atoms with van der Waals surface area (Å²) >= 11 is 0.